The Labute approximate surface area is 185 Å². The first-order valence-corrected chi connectivity index (χ1v) is 12.7. The van der Waals surface area contributed by atoms with Crippen LogP contribution in [0.1, 0.15) is 48.9 Å². The number of aryl methyl sites for hydroxylation is 3. The number of nitrogens with zero attached hydrogens (tertiary/aromatic N) is 4. The zero-order valence-electron chi connectivity index (χ0n) is 18.8. The molecule has 2 fully saturated rings. The summed E-state index contributed by atoms with van der Waals surface area (Å²) in [6, 6.07) is 7.79. The number of anilines is 2. The minimum Gasteiger partial charge on any atom is -0.354 e. The number of benzene rings is 1. The zero-order valence-corrected chi connectivity index (χ0v) is 19.6. The maximum Gasteiger partial charge on any atom is 0.243 e. The average molecular weight is 444 g/mol. The summed E-state index contributed by atoms with van der Waals surface area (Å²) < 4.78 is 27.8. The van der Waals surface area contributed by atoms with E-state index in [9.17, 15) is 8.42 Å². The third kappa shape index (κ3) is 5.01. The van der Waals surface area contributed by atoms with Crippen molar-refractivity contribution in [2.75, 3.05) is 36.4 Å². The van der Waals surface area contributed by atoms with Crippen LogP contribution in [0.25, 0.3) is 0 Å². The molecule has 31 heavy (non-hydrogen) atoms. The Morgan fingerprint density at radius 1 is 0.903 bits per heavy atom. The van der Waals surface area contributed by atoms with Crippen molar-refractivity contribution in [2.24, 2.45) is 0 Å². The monoisotopic (exact) mass is 443 g/mol. The molecular formula is C23H33N5O2S. The standard InChI is InChI=1S/C23H33N5O2S/c1-17-9-10-21(15-18(17)2)31(29,30)28-13-11-27(12-14-28)22-16-19(3)24-23(26-22)25-20-7-5-4-6-8-20/h9-10,15-16,20H,4-8,11-14H2,1-3H3,(H,24,25,26). The van der Waals surface area contributed by atoms with Crippen molar-refractivity contribution in [2.45, 2.75) is 63.8 Å². The number of piperazine rings is 1. The summed E-state index contributed by atoms with van der Waals surface area (Å²) in [6.45, 7) is 8.05. The van der Waals surface area contributed by atoms with Crippen LogP contribution < -0.4 is 10.2 Å². The molecule has 1 N–H and O–H groups in total. The fourth-order valence-electron chi connectivity index (χ4n) is 4.39. The molecule has 0 spiro atoms. The van der Waals surface area contributed by atoms with E-state index in [1.54, 1.807) is 16.4 Å². The Morgan fingerprint density at radius 3 is 2.29 bits per heavy atom. The largest absolute Gasteiger partial charge is 0.354 e. The molecule has 2 aliphatic rings. The quantitative estimate of drug-likeness (QED) is 0.760. The maximum absolute atomic E-state index is 13.1. The molecule has 4 rings (SSSR count). The molecular weight excluding hydrogens is 410 g/mol. The summed E-state index contributed by atoms with van der Waals surface area (Å²) in [5, 5.41) is 3.51. The van der Waals surface area contributed by atoms with Crippen LogP contribution in [0.15, 0.2) is 29.2 Å². The van der Waals surface area contributed by atoms with E-state index in [-0.39, 0.29) is 0 Å². The minimum atomic E-state index is -3.48. The van der Waals surface area contributed by atoms with Gasteiger partial charge >= 0.3 is 0 Å². The van der Waals surface area contributed by atoms with E-state index in [1.807, 2.05) is 32.9 Å². The third-order valence-corrected chi connectivity index (χ3v) is 8.35. The van der Waals surface area contributed by atoms with Crippen molar-refractivity contribution >= 4 is 21.8 Å². The molecule has 0 radical (unpaired) electrons. The summed E-state index contributed by atoms with van der Waals surface area (Å²) in [5.41, 5.74) is 3.02. The van der Waals surface area contributed by atoms with E-state index >= 15 is 0 Å². The molecule has 1 aliphatic carbocycles. The van der Waals surface area contributed by atoms with Crippen molar-refractivity contribution in [3.8, 4) is 0 Å². The number of rotatable bonds is 5. The second-order valence-corrected chi connectivity index (χ2v) is 10.7. The van der Waals surface area contributed by atoms with Crippen LogP contribution >= 0.6 is 0 Å². The van der Waals surface area contributed by atoms with Crippen molar-refractivity contribution < 1.29 is 8.42 Å². The van der Waals surface area contributed by atoms with Gasteiger partial charge in [-0.15, -0.1) is 0 Å². The van der Waals surface area contributed by atoms with Gasteiger partial charge in [0.25, 0.3) is 0 Å². The average Bonchev–Trinajstić information content (AvgIpc) is 2.76. The molecule has 1 saturated heterocycles. The molecule has 2 aromatic rings. The van der Waals surface area contributed by atoms with Gasteiger partial charge in [0, 0.05) is 44.0 Å². The van der Waals surface area contributed by atoms with Crippen LogP contribution in [0.4, 0.5) is 11.8 Å². The normalized spacial score (nSPS) is 18.9. The molecule has 2 heterocycles. The van der Waals surface area contributed by atoms with Gasteiger partial charge in [0.15, 0.2) is 0 Å². The first-order valence-electron chi connectivity index (χ1n) is 11.3. The Kier molecular flexibility index (Phi) is 6.48. The molecule has 1 aliphatic heterocycles. The summed E-state index contributed by atoms with van der Waals surface area (Å²) in [4.78, 5) is 11.9. The Balaban J connectivity index is 1.44. The van der Waals surface area contributed by atoms with Crippen LogP contribution in [-0.2, 0) is 10.0 Å². The summed E-state index contributed by atoms with van der Waals surface area (Å²) in [7, 11) is -3.48. The molecule has 0 unspecified atom stereocenters. The molecule has 168 valence electrons. The van der Waals surface area contributed by atoms with E-state index in [0.29, 0.717) is 43.1 Å². The summed E-state index contributed by atoms with van der Waals surface area (Å²) >= 11 is 0. The van der Waals surface area contributed by atoms with Crippen molar-refractivity contribution in [3.05, 3.63) is 41.1 Å². The van der Waals surface area contributed by atoms with Gasteiger partial charge in [-0.1, -0.05) is 25.3 Å². The first kappa shape index (κ1) is 22.0. The third-order valence-electron chi connectivity index (χ3n) is 6.46. The maximum atomic E-state index is 13.1. The predicted octanol–water partition coefficient (Wildman–Crippen LogP) is 3.66. The van der Waals surface area contributed by atoms with Crippen molar-refractivity contribution in [1.29, 1.82) is 0 Å². The van der Waals surface area contributed by atoms with Crippen molar-refractivity contribution in [3.63, 3.8) is 0 Å². The van der Waals surface area contributed by atoms with Crippen molar-refractivity contribution in [1.82, 2.24) is 14.3 Å². The zero-order chi connectivity index (χ0) is 22.0. The molecule has 1 saturated carbocycles. The Hall–Kier alpha value is -2.19. The number of aromatic nitrogens is 2. The number of hydrogen-bond donors (Lipinski definition) is 1. The Morgan fingerprint density at radius 2 is 1.61 bits per heavy atom. The molecule has 8 heteroatoms. The topological polar surface area (TPSA) is 78.4 Å². The molecule has 0 bridgehead atoms. The van der Waals surface area contributed by atoms with Crippen LogP contribution in [0, 0.1) is 20.8 Å². The van der Waals surface area contributed by atoms with E-state index < -0.39 is 10.0 Å². The highest BCUT2D eigenvalue weighted by atomic mass is 32.2. The van der Waals surface area contributed by atoms with Gasteiger partial charge in [-0.05, 0) is 56.9 Å². The second kappa shape index (κ2) is 9.12. The van der Waals surface area contributed by atoms with Gasteiger partial charge in [-0.3, -0.25) is 0 Å². The van der Waals surface area contributed by atoms with Gasteiger partial charge in [0.05, 0.1) is 4.90 Å². The lowest BCUT2D eigenvalue weighted by Gasteiger charge is -2.35. The van der Waals surface area contributed by atoms with Crippen LogP contribution in [-0.4, -0.2) is 54.9 Å². The van der Waals surface area contributed by atoms with Gasteiger partial charge in [0.2, 0.25) is 16.0 Å². The van der Waals surface area contributed by atoms with E-state index in [2.05, 4.69) is 15.2 Å². The fraction of sp³-hybridized carbons (Fsp3) is 0.565. The van der Waals surface area contributed by atoms with E-state index in [4.69, 9.17) is 4.98 Å². The SMILES string of the molecule is Cc1cc(N2CCN(S(=O)(=O)c3ccc(C)c(C)c3)CC2)nc(NC2CCCCC2)n1. The van der Waals surface area contributed by atoms with E-state index in [0.717, 1.165) is 22.6 Å². The van der Waals surface area contributed by atoms with Gasteiger partial charge in [-0.25, -0.2) is 13.4 Å². The lowest BCUT2D eigenvalue weighted by Crippen LogP contribution is -2.49. The highest BCUT2D eigenvalue weighted by Crippen LogP contribution is 2.24. The highest BCUT2D eigenvalue weighted by Gasteiger charge is 2.29. The Bertz CT molecular complexity index is 1030. The van der Waals surface area contributed by atoms with Gasteiger partial charge in [0.1, 0.15) is 5.82 Å². The van der Waals surface area contributed by atoms with Crippen LogP contribution in [0.3, 0.4) is 0 Å². The second-order valence-electron chi connectivity index (χ2n) is 8.81. The first-order chi connectivity index (χ1) is 14.8. The van der Waals surface area contributed by atoms with Gasteiger partial charge in [-0.2, -0.15) is 9.29 Å². The lowest BCUT2D eigenvalue weighted by molar-refractivity contribution is 0.383. The molecule has 1 aromatic heterocycles. The lowest BCUT2D eigenvalue weighted by atomic mass is 9.96. The fourth-order valence-corrected chi connectivity index (χ4v) is 5.90. The van der Waals surface area contributed by atoms with Crippen LogP contribution in [0.2, 0.25) is 0 Å². The number of hydrogen-bond acceptors (Lipinski definition) is 6. The molecule has 0 amide bonds. The van der Waals surface area contributed by atoms with Gasteiger partial charge < -0.3 is 10.2 Å². The summed E-state index contributed by atoms with van der Waals surface area (Å²) in [5.74, 6) is 1.56. The highest BCUT2D eigenvalue weighted by molar-refractivity contribution is 7.89. The number of sulfonamides is 1. The predicted molar refractivity (Wildman–Crippen MR) is 124 cm³/mol. The minimum absolute atomic E-state index is 0.376. The molecule has 7 nitrogen and oxygen atoms in total. The summed E-state index contributed by atoms with van der Waals surface area (Å²) in [6.07, 6.45) is 6.16. The van der Waals surface area contributed by atoms with E-state index in [1.165, 1.54) is 32.1 Å². The number of nitrogens with one attached hydrogen (secondary N) is 1. The smallest absolute Gasteiger partial charge is 0.243 e. The molecule has 0 atom stereocenters. The van der Waals surface area contributed by atoms with Crippen LogP contribution in [0.5, 0.6) is 0 Å². The molecule has 1 aromatic carbocycles.